The number of anilines is 1. The number of hydrogen-bond donors (Lipinski definition) is 1. The minimum atomic E-state index is -0.277. The molecule has 24 heavy (non-hydrogen) atoms. The maximum atomic E-state index is 11.8. The van der Waals surface area contributed by atoms with Crippen LogP contribution in [-0.2, 0) is 16.2 Å². The number of carbonyl (C=O) groups excluding carboxylic acids is 1. The van der Waals surface area contributed by atoms with Gasteiger partial charge in [0.25, 0.3) is 0 Å². The van der Waals surface area contributed by atoms with E-state index in [0.717, 1.165) is 5.56 Å². The third-order valence-corrected chi connectivity index (χ3v) is 4.13. The van der Waals surface area contributed by atoms with Gasteiger partial charge in [0.2, 0.25) is 5.91 Å². The summed E-state index contributed by atoms with van der Waals surface area (Å²) in [5, 5.41) is 8.15. The molecular formula is C16H12Cl4N2O2. The van der Waals surface area contributed by atoms with Gasteiger partial charge in [-0.25, -0.2) is 0 Å². The molecule has 0 heterocycles. The first kappa shape index (κ1) is 18.9. The number of nitrogens with zero attached hydrogens (tertiary/aromatic N) is 1. The number of benzene rings is 2. The zero-order chi connectivity index (χ0) is 17.5. The molecule has 0 unspecified atom stereocenters. The van der Waals surface area contributed by atoms with Gasteiger partial charge in [-0.05, 0) is 35.9 Å². The van der Waals surface area contributed by atoms with Crippen molar-refractivity contribution < 1.29 is 9.63 Å². The molecule has 1 amide bonds. The van der Waals surface area contributed by atoms with Crippen LogP contribution in [0.4, 0.5) is 5.69 Å². The van der Waals surface area contributed by atoms with Crippen LogP contribution in [0.25, 0.3) is 0 Å². The molecule has 1 N–H and O–H groups in total. The molecule has 0 aliphatic heterocycles. The number of hydrogen-bond acceptors (Lipinski definition) is 3. The third kappa shape index (κ3) is 5.87. The number of carbonyl (C=O) groups is 1. The number of nitrogens with one attached hydrogen (secondary N) is 1. The van der Waals surface area contributed by atoms with Crippen LogP contribution in [0, 0.1) is 0 Å². The van der Waals surface area contributed by atoms with Crippen molar-refractivity contribution >= 4 is 64.2 Å². The van der Waals surface area contributed by atoms with Crippen molar-refractivity contribution in [1.29, 1.82) is 0 Å². The summed E-state index contributed by atoms with van der Waals surface area (Å²) in [5.41, 5.74) is 1.30. The summed E-state index contributed by atoms with van der Waals surface area (Å²) < 4.78 is 0. The van der Waals surface area contributed by atoms with E-state index in [1.54, 1.807) is 36.4 Å². The molecule has 0 radical (unpaired) electrons. The number of halogens is 4. The van der Waals surface area contributed by atoms with Gasteiger partial charge >= 0.3 is 0 Å². The Labute approximate surface area is 159 Å². The molecule has 0 aliphatic carbocycles. The lowest BCUT2D eigenvalue weighted by Crippen LogP contribution is -2.12. The molecule has 0 saturated carbocycles. The Balaban J connectivity index is 1.77. The van der Waals surface area contributed by atoms with Gasteiger partial charge in [0.05, 0.1) is 33.4 Å². The maximum Gasteiger partial charge on any atom is 0.229 e. The van der Waals surface area contributed by atoms with E-state index in [2.05, 4.69) is 10.5 Å². The smallest absolute Gasteiger partial charge is 0.229 e. The highest BCUT2D eigenvalue weighted by Gasteiger charge is 2.05. The van der Waals surface area contributed by atoms with Crippen LogP contribution in [-0.4, -0.2) is 12.1 Å². The van der Waals surface area contributed by atoms with Crippen molar-refractivity contribution in [3.63, 3.8) is 0 Å². The van der Waals surface area contributed by atoms with Crippen LogP contribution in [0.2, 0.25) is 20.1 Å². The topological polar surface area (TPSA) is 50.7 Å². The van der Waals surface area contributed by atoms with Gasteiger partial charge in [-0.3, -0.25) is 4.79 Å². The fourth-order valence-corrected chi connectivity index (χ4v) is 2.48. The highest BCUT2D eigenvalue weighted by Crippen LogP contribution is 2.25. The van der Waals surface area contributed by atoms with Crippen LogP contribution in [0.15, 0.2) is 41.6 Å². The second kappa shape index (κ2) is 9.14. The SMILES string of the molecule is O=C(CC=NOCc1ccc(Cl)c(Cl)c1)Nc1ccc(Cl)cc1Cl. The minimum absolute atomic E-state index is 0.0420. The van der Waals surface area contributed by atoms with Gasteiger partial charge in [0, 0.05) is 5.02 Å². The number of oxime groups is 1. The molecule has 126 valence electrons. The lowest BCUT2D eigenvalue weighted by Gasteiger charge is -2.06. The second-order valence-corrected chi connectivity index (χ2v) is 6.34. The Morgan fingerprint density at radius 3 is 2.54 bits per heavy atom. The average Bonchev–Trinajstić information content (AvgIpc) is 2.53. The molecule has 0 bridgehead atoms. The van der Waals surface area contributed by atoms with Crippen molar-refractivity contribution in [2.24, 2.45) is 5.16 Å². The Kier molecular flexibility index (Phi) is 7.18. The largest absolute Gasteiger partial charge is 0.391 e. The van der Waals surface area contributed by atoms with E-state index in [4.69, 9.17) is 51.2 Å². The van der Waals surface area contributed by atoms with Gasteiger partial charge < -0.3 is 10.2 Å². The fourth-order valence-electron chi connectivity index (χ4n) is 1.71. The average molecular weight is 406 g/mol. The van der Waals surface area contributed by atoms with E-state index in [1.807, 2.05) is 0 Å². The summed E-state index contributed by atoms with van der Waals surface area (Å²) in [6.45, 7) is 0.220. The van der Waals surface area contributed by atoms with Crippen LogP contribution < -0.4 is 5.32 Å². The summed E-state index contributed by atoms with van der Waals surface area (Å²) in [5.74, 6) is -0.277. The van der Waals surface area contributed by atoms with Crippen molar-refractivity contribution in [1.82, 2.24) is 0 Å². The number of rotatable bonds is 6. The zero-order valence-electron chi connectivity index (χ0n) is 12.2. The second-order valence-electron chi connectivity index (χ2n) is 4.69. The molecule has 0 aromatic heterocycles. The molecule has 0 aliphatic rings. The first-order valence-electron chi connectivity index (χ1n) is 6.78. The predicted molar refractivity (Wildman–Crippen MR) is 99.5 cm³/mol. The van der Waals surface area contributed by atoms with Gasteiger partial charge in [-0.2, -0.15) is 0 Å². The Morgan fingerprint density at radius 2 is 1.83 bits per heavy atom. The van der Waals surface area contributed by atoms with Crippen LogP contribution in [0.3, 0.4) is 0 Å². The van der Waals surface area contributed by atoms with Crippen molar-refractivity contribution in [3.8, 4) is 0 Å². The predicted octanol–water partition coefficient (Wildman–Crippen LogP) is 5.83. The first-order chi connectivity index (χ1) is 11.5. The van der Waals surface area contributed by atoms with E-state index in [0.29, 0.717) is 25.8 Å². The minimum Gasteiger partial charge on any atom is -0.391 e. The van der Waals surface area contributed by atoms with Crippen molar-refractivity contribution in [2.45, 2.75) is 13.0 Å². The highest BCUT2D eigenvalue weighted by molar-refractivity contribution is 6.42. The van der Waals surface area contributed by atoms with E-state index in [-0.39, 0.29) is 18.9 Å². The molecule has 4 nitrogen and oxygen atoms in total. The summed E-state index contributed by atoms with van der Waals surface area (Å²) in [6, 6.07) is 9.95. The van der Waals surface area contributed by atoms with Gasteiger partial charge in [0.1, 0.15) is 6.61 Å². The van der Waals surface area contributed by atoms with Crippen molar-refractivity contribution in [2.75, 3.05) is 5.32 Å². The van der Waals surface area contributed by atoms with Crippen LogP contribution in [0.1, 0.15) is 12.0 Å². The molecule has 2 aromatic carbocycles. The number of amides is 1. The zero-order valence-corrected chi connectivity index (χ0v) is 15.3. The Bertz CT molecular complexity index is 766. The van der Waals surface area contributed by atoms with Gasteiger partial charge in [-0.15, -0.1) is 0 Å². The van der Waals surface area contributed by atoms with E-state index >= 15 is 0 Å². The maximum absolute atomic E-state index is 11.8. The van der Waals surface area contributed by atoms with Gasteiger partial charge in [0.15, 0.2) is 0 Å². The lowest BCUT2D eigenvalue weighted by atomic mass is 10.2. The molecule has 0 spiro atoms. The van der Waals surface area contributed by atoms with E-state index < -0.39 is 0 Å². The van der Waals surface area contributed by atoms with Crippen LogP contribution in [0.5, 0.6) is 0 Å². The molecular weight excluding hydrogens is 394 g/mol. The van der Waals surface area contributed by atoms with E-state index in [1.165, 1.54) is 6.21 Å². The standard InChI is InChI=1S/C16H12Cl4N2O2/c17-11-2-4-15(14(20)8-11)22-16(23)5-6-21-24-9-10-1-3-12(18)13(19)7-10/h1-4,6-8H,5,9H2,(H,22,23). The van der Waals surface area contributed by atoms with Gasteiger partial charge in [-0.1, -0.05) is 57.6 Å². The third-order valence-electron chi connectivity index (χ3n) is 2.85. The normalized spacial score (nSPS) is 10.8. The lowest BCUT2D eigenvalue weighted by molar-refractivity contribution is -0.115. The summed E-state index contributed by atoms with van der Waals surface area (Å²) in [6.07, 6.45) is 1.40. The summed E-state index contributed by atoms with van der Waals surface area (Å²) >= 11 is 23.5. The molecule has 0 fully saturated rings. The quantitative estimate of drug-likeness (QED) is 0.485. The summed E-state index contributed by atoms with van der Waals surface area (Å²) in [4.78, 5) is 16.9. The molecule has 0 atom stereocenters. The molecule has 0 saturated heterocycles. The first-order valence-corrected chi connectivity index (χ1v) is 8.29. The summed E-state index contributed by atoms with van der Waals surface area (Å²) in [7, 11) is 0. The van der Waals surface area contributed by atoms with Crippen molar-refractivity contribution in [3.05, 3.63) is 62.1 Å². The highest BCUT2D eigenvalue weighted by atomic mass is 35.5. The monoisotopic (exact) mass is 404 g/mol. The molecule has 2 rings (SSSR count). The van der Waals surface area contributed by atoms with Crippen LogP contribution >= 0.6 is 46.4 Å². The Morgan fingerprint density at radius 1 is 1.04 bits per heavy atom. The van der Waals surface area contributed by atoms with E-state index in [9.17, 15) is 4.79 Å². The molecule has 2 aromatic rings. The fraction of sp³-hybridized carbons (Fsp3) is 0.125. The molecule has 8 heteroatoms. The Hall–Kier alpha value is -1.46.